The first kappa shape index (κ1) is 22.0. The molecule has 0 heterocycles. The van der Waals surface area contributed by atoms with Crippen LogP contribution in [-0.2, 0) is 4.79 Å². The molecule has 1 aliphatic rings. The average molecular weight is 406 g/mol. The van der Waals surface area contributed by atoms with Gasteiger partial charge in [0.05, 0.1) is 7.11 Å². The molecular formula is C21H31N3O3S. The Morgan fingerprint density at radius 2 is 2.04 bits per heavy atom. The van der Waals surface area contributed by atoms with E-state index < -0.39 is 0 Å². The standard InChI is InChI=1S/C21H31N3O3S/c1-5-7-16-10-11-18(19(12-16)26-4)27-13-20(25)23-24-21(28)22-17-9-6-8-14(2)15(17)3/h5,7,10-12,14-15,17H,6,8-9,13H2,1-4H3,(H,23,25)(H2,22,24,28)/b7-5+/t14-,15+,17-/m1/s1. The molecule has 1 aromatic rings. The Morgan fingerprint density at radius 3 is 2.75 bits per heavy atom. The van der Waals surface area contributed by atoms with Crippen LogP contribution in [-0.4, -0.2) is 30.8 Å². The zero-order valence-corrected chi connectivity index (χ0v) is 17.9. The monoisotopic (exact) mass is 405 g/mol. The number of ether oxygens (including phenoxy) is 2. The molecule has 3 N–H and O–H groups in total. The number of carbonyl (C=O) groups is 1. The van der Waals surface area contributed by atoms with Crippen molar-refractivity contribution in [2.24, 2.45) is 11.8 Å². The summed E-state index contributed by atoms with van der Waals surface area (Å²) in [5, 5.41) is 3.73. The highest BCUT2D eigenvalue weighted by Crippen LogP contribution is 2.29. The Labute approximate surface area is 173 Å². The Bertz CT molecular complexity index is 708. The van der Waals surface area contributed by atoms with E-state index in [2.05, 4.69) is 30.0 Å². The second-order valence-corrected chi connectivity index (χ2v) is 7.63. The molecule has 0 aliphatic heterocycles. The number of hydrogen-bond acceptors (Lipinski definition) is 4. The Kier molecular flexibility index (Phi) is 8.57. The molecule has 0 spiro atoms. The van der Waals surface area contributed by atoms with Gasteiger partial charge in [0.25, 0.3) is 5.91 Å². The number of amides is 1. The van der Waals surface area contributed by atoms with Gasteiger partial charge in [0.2, 0.25) is 0 Å². The quantitative estimate of drug-likeness (QED) is 0.498. The van der Waals surface area contributed by atoms with Crippen LogP contribution in [0.15, 0.2) is 24.3 Å². The third-order valence-corrected chi connectivity index (χ3v) is 5.46. The number of methoxy groups -OCH3 is 1. The van der Waals surface area contributed by atoms with Crippen LogP contribution in [0.25, 0.3) is 6.08 Å². The smallest absolute Gasteiger partial charge is 0.276 e. The maximum Gasteiger partial charge on any atom is 0.276 e. The van der Waals surface area contributed by atoms with Crippen molar-refractivity contribution in [2.75, 3.05) is 13.7 Å². The number of thiocarbonyl (C=S) groups is 1. The second kappa shape index (κ2) is 10.9. The van der Waals surface area contributed by atoms with Crippen molar-refractivity contribution < 1.29 is 14.3 Å². The van der Waals surface area contributed by atoms with E-state index in [-0.39, 0.29) is 12.5 Å². The number of carbonyl (C=O) groups excluding carboxylic acids is 1. The van der Waals surface area contributed by atoms with E-state index in [1.54, 1.807) is 13.2 Å². The Hall–Kier alpha value is -2.28. The number of hydrazine groups is 1. The molecule has 154 valence electrons. The van der Waals surface area contributed by atoms with Crippen molar-refractivity contribution >= 4 is 29.3 Å². The molecule has 1 saturated carbocycles. The minimum absolute atomic E-state index is 0.147. The Morgan fingerprint density at radius 1 is 1.25 bits per heavy atom. The topological polar surface area (TPSA) is 71.6 Å². The van der Waals surface area contributed by atoms with Gasteiger partial charge in [-0.3, -0.25) is 15.6 Å². The molecule has 28 heavy (non-hydrogen) atoms. The summed E-state index contributed by atoms with van der Waals surface area (Å²) in [6, 6.07) is 5.88. The van der Waals surface area contributed by atoms with E-state index in [9.17, 15) is 4.79 Å². The fraction of sp³-hybridized carbons (Fsp3) is 0.524. The van der Waals surface area contributed by atoms with E-state index in [1.165, 1.54) is 12.8 Å². The van der Waals surface area contributed by atoms with Crippen molar-refractivity contribution in [1.29, 1.82) is 0 Å². The van der Waals surface area contributed by atoms with E-state index >= 15 is 0 Å². The summed E-state index contributed by atoms with van der Waals surface area (Å²) in [4.78, 5) is 12.1. The number of rotatable bonds is 6. The summed E-state index contributed by atoms with van der Waals surface area (Å²) in [5.41, 5.74) is 6.32. The summed E-state index contributed by atoms with van der Waals surface area (Å²) in [6.07, 6.45) is 7.45. The predicted molar refractivity (Wildman–Crippen MR) is 116 cm³/mol. The molecule has 6 nitrogen and oxygen atoms in total. The van der Waals surface area contributed by atoms with Crippen LogP contribution in [0.4, 0.5) is 0 Å². The lowest BCUT2D eigenvalue weighted by atomic mass is 9.78. The minimum Gasteiger partial charge on any atom is -0.493 e. The predicted octanol–water partition coefficient (Wildman–Crippen LogP) is 3.43. The zero-order chi connectivity index (χ0) is 20.5. The largest absolute Gasteiger partial charge is 0.493 e. The van der Waals surface area contributed by atoms with Crippen LogP contribution in [0.2, 0.25) is 0 Å². The lowest BCUT2D eigenvalue weighted by Crippen LogP contribution is -2.53. The number of benzene rings is 1. The van der Waals surface area contributed by atoms with Crippen molar-refractivity contribution in [3.8, 4) is 11.5 Å². The summed E-state index contributed by atoms with van der Waals surface area (Å²) in [5.74, 6) is 1.98. The second-order valence-electron chi connectivity index (χ2n) is 7.22. The average Bonchev–Trinajstić information content (AvgIpc) is 2.69. The third kappa shape index (κ3) is 6.41. The molecule has 0 bridgehead atoms. The summed E-state index contributed by atoms with van der Waals surface area (Å²) >= 11 is 5.30. The third-order valence-electron chi connectivity index (χ3n) is 5.24. The van der Waals surface area contributed by atoms with E-state index in [0.29, 0.717) is 34.5 Å². The van der Waals surface area contributed by atoms with E-state index in [1.807, 2.05) is 31.2 Å². The molecular weight excluding hydrogens is 374 g/mol. The van der Waals surface area contributed by atoms with Crippen molar-refractivity contribution in [3.63, 3.8) is 0 Å². The fourth-order valence-corrected chi connectivity index (χ4v) is 3.60. The van der Waals surface area contributed by atoms with Gasteiger partial charge in [0.1, 0.15) is 0 Å². The number of nitrogens with one attached hydrogen (secondary N) is 3. The molecule has 1 fully saturated rings. The first-order valence-corrected chi connectivity index (χ1v) is 10.1. The summed E-state index contributed by atoms with van der Waals surface area (Å²) in [7, 11) is 1.57. The SMILES string of the molecule is C/C=C/c1ccc(OCC(=O)NNC(=S)N[C@@H]2CCC[C@@H](C)[C@@H]2C)c(OC)c1. The van der Waals surface area contributed by atoms with Gasteiger partial charge < -0.3 is 14.8 Å². The van der Waals surface area contributed by atoms with Gasteiger partial charge in [-0.25, -0.2) is 0 Å². The highest BCUT2D eigenvalue weighted by molar-refractivity contribution is 7.80. The molecule has 0 unspecified atom stereocenters. The van der Waals surface area contributed by atoms with Gasteiger partial charge in [-0.05, 0) is 55.1 Å². The molecule has 0 radical (unpaired) electrons. The fourth-order valence-electron chi connectivity index (χ4n) is 3.40. The summed E-state index contributed by atoms with van der Waals surface area (Å²) < 4.78 is 10.9. The molecule has 1 aromatic carbocycles. The highest BCUT2D eigenvalue weighted by Gasteiger charge is 2.27. The first-order valence-electron chi connectivity index (χ1n) is 9.73. The maximum absolute atomic E-state index is 12.1. The van der Waals surface area contributed by atoms with E-state index in [0.717, 1.165) is 12.0 Å². The first-order chi connectivity index (χ1) is 13.4. The van der Waals surface area contributed by atoms with Crippen molar-refractivity contribution in [1.82, 2.24) is 16.2 Å². The van der Waals surface area contributed by atoms with Gasteiger partial charge in [0.15, 0.2) is 23.2 Å². The summed E-state index contributed by atoms with van der Waals surface area (Å²) in [6.45, 7) is 6.31. The van der Waals surface area contributed by atoms with Crippen molar-refractivity contribution in [2.45, 2.75) is 46.1 Å². The molecule has 0 aromatic heterocycles. The maximum atomic E-state index is 12.1. The molecule has 3 atom stereocenters. The van der Waals surface area contributed by atoms with Crippen LogP contribution in [0.3, 0.4) is 0 Å². The van der Waals surface area contributed by atoms with Crippen LogP contribution >= 0.6 is 12.2 Å². The molecule has 2 rings (SSSR count). The molecule has 0 saturated heterocycles. The van der Waals surface area contributed by atoms with Gasteiger partial charge in [-0.1, -0.05) is 44.9 Å². The van der Waals surface area contributed by atoms with Gasteiger partial charge in [0, 0.05) is 6.04 Å². The van der Waals surface area contributed by atoms with Crippen LogP contribution in [0.5, 0.6) is 11.5 Å². The molecule has 1 amide bonds. The minimum atomic E-state index is -0.325. The van der Waals surface area contributed by atoms with Gasteiger partial charge >= 0.3 is 0 Å². The number of allylic oxidation sites excluding steroid dienone is 1. The van der Waals surface area contributed by atoms with Crippen molar-refractivity contribution in [3.05, 3.63) is 29.8 Å². The van der Waals surface area contributed by atoms with Crippen LogP contribution < -0.4 is 25.6 Å². The lowest BCUT2D eigenvalue weighted by Gasteiger charge is -2.35. The normalized spacial score (nSPS) is 21.8. The number of hydrogen-bond donors (Lipinski definition) is 3. The van der Waals surface area contributed by atoms with Crippen LogP contribution in [0.1, 0.15) is 45.6 Å². The molecule has 7 heteroatoms. The highest BCUT2D eigenvalue weighted by atomic mass is 32.1. The Balaban J connectivity index is 1.77. The van der Waals surface area contributed by atoms with Gasteiger partial charge in [-0.2, -0.15) is 0 Å². The van der Waals surface area contributed by atoms with Crippen LogP contribution in [0, 0.1) is 11.8 Å². The van der Waals surface area contributed by atoms with Gasteiger partial charge in [-0.15, -0.1) is 0 Å². The molecule has 1 aliphatic carbocycles. The zero-order valence-electron chi connectivity index (χ0n) is 17.1. The lowest BCUT2D eigenvalue weighted by molar-refractivity contribution is -0.123. The van der Waals surface area contributed by atoms with E-state index in [4.69, 9.17) is 21.7 Å².